The third-order valence-corrected chi connectivity index (χ3v) is 1.61. The van der Waals surface area contributed by atoms with Gasteiger partial charge in [-0.2, -0.15) is 0 Å². The first-order chi connectivity index (χ1) is 2.89. The van der Waals surface area contributed by atoms with Crippen LogP contribution in [0.25, 0.3) is 0 Å². The quantitative estimate of drug-likeness (QED) is 0.320. The maximum absolute atomic E-state index is 2.79. The average Bonchev–Trinajstić information content (AvgIpc) is 1.86. The van der Waals surface area contributed by atoms with Crippen LogP contribution in [0.15, 0.2) is 12.2 Å². The number of hydrogen-bond acceptors (Lipinski definition) is 0. The van der Waals surface area contributed by atoms with Crippen LogP contribution in [0.1, 0.15) is 12.8 Å². The minimum atomic E-state index is 0.782. The van der Waals surface area contributed by atoms with Gasteiger partial charge in [0.05, 0.1) is 0 Å². The molecular formula is C5H9P. The zero-order valence-corrected chi connectivity index (χ0v) is 4.88. The Labute approximate surface area is 40.8 Å². The smallest absolute Gasteiger partial charge is 0.00828 e. The van der Waals surface area contributed by atoms with E-state index >= 15 is 0 Å². The summed E-state index contributed by atoms with van der Waals surface area (Å²) in [5.74, 6) is 0. The maximum atomic E-state index is 2.79. The second kappa shape index (κ2) is 1.75. The van der Waals surface area contributed by atoms with Crippen molar-refractivity contribution in [3.05, 3.63) is 12.2 Å². The first-order valence-electron chi connectivity index (χ1n) is 2.32. The molecule has 0 aromatic rings. The topological polar surface area (TPSA) is 0 Å². The fraction of sp³-hybridized carbons (Fsp3) is 0.600. The predicted molar refractivity (Wildman–Crippen MR) is 31.9 cm³/mol. The molecule has 0 nitrogen and oxygen atoms in total. The average molecular weight is 100 g/mol. The minimum Gasteiger partial charge on any atom is -0.130 e. The highest BCUT2D eigenvalue weighted by molar-refractivity contribution is 7.17. The summed E-state index contributed by atoms with van der Waals surface area (Å²) >= 11 is 0. The molecule has 0 bridgehead atoms. The lowest BCUT2D eigenvalue weighted by Crippen LogP contribution is -1.80. The van der Waals surface area contributed by atoms with Gasteiger partial charge in [-0.25, -0.2) is 0 Å². The Morgan fingerprint density at radius 3 is 2.67 bits per heavy atom. The van der Waals surface area contributed by atoms with Crippen molar-refractivity contribution in [3.63, 3.8) is 0 Å². The summed E-state index contributed by atoms with van der Waals surface area (Å²) in [7, 11) is 2.79. The van der Waals surface area contributed by atoms with Crippen LogP contribution in [-0.2, 0) is 0 Å². The zero-order valence-electron chi connectivity index (χ0n) is 3.72. The van der Waals surface area contributed by atoms with Gasteiger partial charge in [-0.05, 0) is 18.5 Å². The molecule has 1 rings (SSSR count). The summed E-state index contributed by atoms with van der Waals surface area (Å²) < 4.78 is 0. The van der Waals surface area contributed by atoms with E-state index < -0.39 is 0 Å². The van der Waals surface area contributed by atoms with Gasteiger partial charge in [0.15, 0.2) is 0 Å². The van der Waals surface area contributed by atoms with Crippen molar-refractivity contribution in [3.8, 4) is 0 Å². The third kappa shape index (κ3) is 0.815. The van der Waals surface area contributed by atoms with E-state index in [1.54, 1.807) is 0 Å². The second-order valence-electron chi connectivity index (χ2n) is 1.67. The van der Waals surface area contributed by atoms with E-state index in [-0.39, 0.29) is 0 Å². The Kier molecular flexibility index (Phi) is 1.26. The molecule has 0 aromatic carbocycles. The predicted octanol–water partition coefficient (Wildman–Crippen LogP) is 1.58. The van der Waals surface area contributed by atoms with E-state index in [1.807, 2.05) is 0 Å². The van der Waals surface area contributed by atoms with Crippen LogP contribution in [0.5, 0.6) is 0 Å². The van der Waals surface area contributed by atoms with E-state index in [2.05, 4.69) is 21.4 Å². The van der Waals surface area contributed by atoms with Crippen LogP contribution in [0, 0.1) is 0 Å². The number of rotatable bonds is 0. The SMILES string of the molecule is P[C@@H]1C=CCC1. The van der Waals surface area contributed by atoms with Crippen LogP contribution in [0.3, 0.4) is 0 Å². The van der Waals surface area contributed by atoms with Gasteiger partial charge in [0.2, 0.25) is 0 Å². The van der Waals surface area contributed by atoms with Gasteiger partial charge in [0.25, 0.3) is 0 Å². The molecule has 1 heteroatoms. The third-order valence-electron chi connectivity index (χ3n) is 1.05. The van der Waals surface area contributed by atoms with Crippen LogP contribution in [0.2, 0.25) is 0 Å². The lowest BCUT2D eigenvalue weighted by molar-refractivity contribution is 0.945. The van der Waals surface area contributed by atoms with Crippen molar-refractivity contribution in [2.75, 3.05) is 0 Å². The van der Waals surface area contributed by atoms with E-state index in [0.29, 0.717) is 0 Å². The van der Waals surface area contributed by atoms with Gasteiger partial charge in [-0.3, -0.25) is 0 Å². The molecule has 0 saturated carbocycles. The largest absolute Gasteiger partial charge is 0.130 e. The van der Waals surface area contributed by atoms with Crippen LogP contribution >= 0.6 is 9.24 Å². The molecule has 1 aliphatic carbocycles. The normalized spacial score (nSPS) is 31.8. The second-order valence-corrected chi connectivity index (χ2v) is 2.53. The molecule has 6 heavy (non-hydrogen) atoms. The molecule has 0 aliphatic heterocycles. The van der Waals surface area contributed by atoms with Crippen molar-refractivity contribution < 1.29 is 0 Å². The number of allylic oxidation sites excluding steroid dienone is 2. The van der Waals surface area contributed by atoms with Crippen LogP contribution in [0.4, 0.5) is 0 Å². The molecule has 0 radical (unpaired) electrons. The monoisotopic (exact) mass is 100 g/mol. The molecule has 1 aliphatic rings. The highest BCUT2D eigenvalue weighted by atomic mass is 31.0. The van der Waals surface area contributed by atoms with E-state index in [9.17, 15) is 0 Å². The summed E-state index contributed by atoms with van der Waals surface area (Å²) in [5.41, 5.74) is 0.782. The van der Waals surface area contributed by atoms with Crippen molar-refractivity contribution in [1.82, 2.24) is 0 Å². The Hall–Kier alpha value is 0.170. The summed E-state index contributed by atoms with van der Waals surface area (Å²) in [6.07, 6.45) is 7.10. The van der Waals surface area contributed by atoms with Gasteiger partial charge >= 0.3 is 0 Å². The van der Waals surface area contributed by atoms with Crippen LogP contribution in [-0.4, -0.2) is 5.66 Å². The Balaban J connectivity index is 2.38. The molecule has 0 heterocycles. The molecule has 0 spiro atoms. The molecule has 34 valence electrons. The van der Waals surface area contributed by atoms with Crippen molar-refractivity contribution >= 4 is 9.24 Å². The zero-order chi connectivity index (χ0) is 4.41. The summed E-state index contributed by atoms with van der Waals surface area (Å²) in [6, 6.07) is 0. The van der Waals surface area contributed by atoms with E-state index in [0.717, 1.165) is 5.66 Å². The first kappa shape index (κ1) is 4.33. The fourth-order valence-electron chi connectivity index (χ4n) is 0.656. The van der Waals surface area contributed by atoms with Crippen molar-refractivity contribution in [2.45, 2.75) is 18.5 Å². The molecule has 0 fully saturated rings. The fourth-order valence-corrected chi connectivity index (χ4v) is 1.01. The maximum Gasteiger partial charge on any atom is -0.00828 e. The minimum absolute atomic E-state index is 0.782. The van der Waals surface area contributed by atoms with E-state index in [4.69, 9.17) is 0 Å². The highest BCUT2D eigenvalue weighted by Crippen LogP contribution is 2.16. The lowest BCUT2D eigenvalue weighted by Gasteiger charge is -1.89. The Bertz CT molecular complexity index is 66.3. The van der Waals surface area contributed by atoms with Gasteiger partial charge in [-0.15, -0.1) is 9.24 Å². The molecular weight excluding hydrogens is 91.0 g/mol. The summed E-state index contributed by atoms with van der Waals surface area (Å²) in [4.78, 5) is 0. The summed E-state index contributed by atoms with van der Waals surface area (Å²) in [6.45, 7) is 0. The molecule has 0 amide bonds. The molecule has 0 aromatic heterocycles. The Morgan fingerprint density at radius 2 is 2.50 bits per heavy atom. The van der Waals surface area contributed by atoms with Gasteiger partial charge < -0.3 is 0 Å². The molecule has 0 N–H and O–H groups in total. The molecule has 1 unspecified atom stereocenters. The molecule has 0 saturated heterocycles. The summed E-state index contributed by atoms with van der Waals surface area (Å²) in [5, 5.41) is 0. The standard InChI is InChI=1S/C5H9P/c6-5-3-1-2-4-5/h1,3,5H,2,4,6H2/t5-/m1/s1. The lowest BCUT2D eigenvalue weighted by atomic mass is 10.4. The van der Waals surface area contributed by atoms with Crippen molar-refractivity contribution in [2.24, 2.45) is 0 Å². The van der Waals surface area contributed by atoms with Gasteiger partial charge in [0.1, 0.15) is 0 Å². The Morgan fingerprint density at radius 1 is 1.67 bits per heavy atom. The van der Waals surface area contributed by atoms with Gasteiger partial charge in [0, 0.05) is 0 Å². The van der Waals surface area contributed by atoms with Gasteiger partial charge in [-0.1, -0.05) is 12.2 Å². The number of hydrogen-bond donors (Lipinski definition) is 0. The van der Waals surface area contributed by atoms with Crippen LogP contribution < -0.4 is 0 Å². The first-order valence-corrected chi connectivity index (χ1v) is 2.98. The highest BCUT2D eigenvalue weighted by Gasteiger charge is 1.99. The molecule has 2 atom stereocenters. The van der Waals surface area contributed by atoms with E-state index in [1.165, 1.54) is 12.8 Å². The van der Waals surface area contributed by atoms with Crippen molar-refractivity contribution in [1.29, 1.82) is 0 Å².